The zero-order valence-corrected chi connectivity index (χ0v) is 16.0. The zero-order chi connectivity index (χ0) is 18.4. The quantitative estimate of drug-likeness (QED) is 0.759. The summed E-state index contributed by atoms with van der Waals surface area (Å²) in [5, 5.41) is 5.05. The van der Waals surface area contributed by atoms with Gasteiger partial charge in [-0.15, -0.1) is 0 Å². The summed E-state index contributed by atoms with van der Waals surface area (Å²) in [6, 6.07) is 3.52. The molecule has 0 spiro atoms. The summed E-state index contributed by atoms with van der Waals surface area (Å²) in [6.45, 7) is 4.88. The van der Waals surface area contributed by atoms with Gasteiger partial charge in [0.05, 0.1) is 18.7 Å². The number of halogens is 1. The van der Waals surface area contributed by atoms with Crippen molar-refractivity contribution in [2.24, 2.45) is 0 Å². The number of carbonyl (C=O) groups excluding carboxylic acids is 1. The largest absolute Gasteiger partial charge is 0.493 e. The molecule has 0 bridgehead atoms. The van der Waals surface area contributed by atoms with E-state index in [0.29, 0.717) is 36.2 Å². The second-order valence-electron chi connectivity index (χ2n) is 5.36. The van der Waals surface area contributed by atoms with E-state index in [2.05, 4.69) is 5.32 Å². The summed E-state index contributed by atoms with van der Waals surface area (Å²) < 4.78 is 12.4. The van der Waals surface area contributed by atoms with E-state index in [1.807, 2.05) is 13.8 Å². The monoisotopic (exact) mass is 384 g/mol. The minimum atomic E-state index is -0.138. The Morgan fingerprint density at radius 3 is 2.76 bits per heavy atom. The maximum absolute atomic E-state index is 12.0. The molecule has 1 aromatic heterocycles. The third kappa shape index (κ3) is 4.99. The summed E-state index contributed by atoms with van der Waals surface area (Å²) in [7, 11) is 1.54. The number of thiazole rings is 1. The van der Waals surface area contributed by atoms with Gasteiger partial charge in [0.15, 0.2) is 11.5 Å². The topological polar surface area (TPSA) is 69.6 Å². The molecule has 1 amide bonds. The number of aromatic nitrogens is 1. The van der Waals surface area contributed by atoms with Gasteiger partial charge in [0.1, 0.15) is 0 Å². The first kappa shape index (κ1) is 19.3. The molecule has 0 unspecified atom stereocenters. The van der Waals surface area contributed by atoms with Crippen LogP contribution in [0.15, 0.2) is 22.3 Å². The summed E-state index contributed by atoms with van der Waals surface area (Å²) in [4.78, 5) is 23.6. The Bertz CT molecular complexity index is 800. The van der Waals surface area contributed by atoms with Gasteiger partial charge in [0, 0.05) is 30.6 Å². The van der Waals surface area contributed by atoms with Crippen LogP contribution in [0.3, 0.4) is 0 Å². The lowest BCUT2D eigenvalue weighted by Crippen LogP contribution is -2.26. The normalized spacial score (nSPS) is 10.6. The Morgan fingerprint density at radius 2 is 2.16 bits per heavy atom. The van der Waals surface area contributed by atoms with Crippen molar-refractivity contribution in [3.8, 4) is 11.5 Å². The fraction of sp³-hybridized carbons (Fsp3) is 0.412. The lowest BCUT2D eigenvalue weighted by molar-refractivity contribution is -0.121. The van der Waals surface area contributed by atoms with E-state index in [-0.39, 0.29) is 17.2 Å². The van der Waals surface area contributed by atoms with Crippen molar-refractivity contribution in [3.63, 3.8) is 0 Å². The van der Waals surface area contributed by atoms with Crippen molar-refractivity contribution in [1.82, 2.24) is 9.88 Å². The molecule has 6 nitrogen and oxygen atoms in total. The predicted molar refractivity (Wildman–Crippen MR) is 99.0 cm³/mol. The predicted octanol–water partition coefficient (Wildman–Crippen LogP) is 2.99. The van der Waals surface area contributed by atoms with Crippen molar-refractivity contribution in [1.29, 1.82) is 0 Å². The van der Waals surface area contributed by atoms with E-state index < -0.39 is 0 Å². The van der Waals surface area contributed by atoms with Crippen LogP contribution in [0.5, 0.6) is 11.5 Å². The Hall–Kier alpha value is -1.99. The number of hydrogen-bond acceptors (Lipinski definition) is 5. The third-order valence-corrected chi connectivity index (χ3v) is 4.77. The molecule has 25 heavy (non-hydrogen) atoms. The number of hydrogen-bond donors (Lipinski definition) is 1. The molecule has 136 valence electrons. The molecule has 2 aromatic rings. The Kier molecular flexibility index (Phi) is 6.90. The van der Waals surface area contributed by atoms with Crippen LogP contribution >= 0.6 is 22.9 Å². The molecule has 1 heterocycles. The highest BCUT2D eigenvalue weighted by molar-refractivity contribution is 7.07. The molecule has 0 aliphatic carbocycles. The molecular formula is C17H21ClN2O4S. The number of rotatable bonds is 8. The van der Waals surface area contributed by atoms with Gasteiger partial charge in [-0.1, -0.05) is 22.9 Å². The molecular weight excluding hydrogens is 364 g/mol. The van der Waals surface area contributed by atoms with Gasteiger partial charge >= 0.3 is 4.87 Å². The molecule has 0 fully saturated rings. The Labute approximate surface area is 155 Å². The number of amides is 1. The van der Waals surface area contributed by atoms with Crippen LogP contribution in [0.2, 0.25) is 5.02 Å². The molecule has 0 atom stereocenters. The van der Waals surface area contributed by atoms with Gasteiger partial charge in [-0.25, -0.2) is 0 Å². The standard InChI is InChI=1S/C17H21ClN2O4S/c1-4-24-16-13(18)7-12(8-14(16)23-3)9-19-15(21)5-6-20-11(2)10-25-17(20)22/h7-8,10H,4-6,9H2,1-3H3,(H,19,21). The van der Waals surface area contributed by atoms with Crippen molar-refractivity contribution in [2.75, 3.05) is 13.7 Å². The SMILES string of the molecule is CCOc1c(Cl)cc(CNC(=O)CCn2c(C)csc2=O)cc1OC. The first-order chi connectivity index (χ1) is 12.0. The fourth-order valence-electron chi connectivity index (χ4n) is 2.34. The molecule has 1 aromatic carbocycles. The highest BCUT2D eigenvalue weighted by atomic mass is 35.5. The average molecular weight is 385 g/mol. The molecule has 2 rings (SSSR count). The van der Waals surface area contributed by atoms with E-state index in [0.717, 1.165) is 22.6 Å². The minimum Gasteiger partial charge on any atom is -0.493 e. The third-order valence-electron chi connectivity index (χ3n) is 3.61. The molecule has 8 heteroatoms. The first-order valence-corrected chi connectivity index (χ1v) is 9.12. The van der Waals surface area contributed by atoms with Crippen LogP contribution < -0.4 is 19.7 Å². The summed E-state index contributed by atoms with van der Waals surface area (Å²) in [5.74, 6) is 0.884. The number of aryl methyl sites for hydroxylation is 1. The van der Waals surface area contributed by atoms with E-state index >= 15 is 0 Å². The molecule has 0 aliphatic rings. The van der Waals surface area contributed by atoms with Crippen LogP contribution in [-0.2, 0) is 17.9 Å². The van der Waals surface area contributed by atoms with Crippen LogP contribution in [0, 0.1) is 6.92 Å². The summed E-state index contributed by atoms with van der Waals surface area (Å²) >= 11 is 7.36. The molecule has 0 radical (unpaired) electrons. The smallest absolute Gasteiger partial charge is 0.307 e. The number of nitrogens with one attached hydrogen (secondary N) is 1. The zero-order valence-electron chi connectivity index (χ0n) is 14.4. The number of benzene rings is 1. The van der Waals surface area contributed by atoms with Gasteiger partial charge in [-0.3, -0.25) is 9.59 Å². The molecule has 0 saturated carbocycles. The van der Waals surface area contributed by atoms with Crippen LogP contribution in [0.1, 0.15) is 24.6 Å². The van der Waals surface area contributed by atoms with Gasteiger partial charge in [0.2, 0.25) is 5.91 Å². The number of ether oxygens (including phenoxy) is 2. The van der Waals surface area contributed by atoms with Gasteiger partial charge in [-0.05, 0) is 31.5 Å². The highest BCUT2D eigenvalue weighted by Gasteiger charge is 2.12. The Morgan fingerprint density at radius 1 is 1.40 bits per heavy atom. The van der Waals surface area contributed by atoms with Crippen molar-refractivity contribution in [3.05, 3.63) is 43.5 Å². The fourth-order valence-corrected chi connectivity index (χ4v) is 3.39. The van der Waals surface area contributed by atoms with Crippen molar-refractivity contribution < 1.29 is 14.3 Å². The van der Waals surface area contributed by atoms with Crippen LogP contribution in [0.25, 0.3) is 0 Å². The van der Waals surface area contributed by atoms with Crippen molar-refractivity contribution in [2.45, 2.75) is 33.4 Å². The van der Waals surface area contributed by atoms with Gasteiger partial charge < -0.3 is 19.4 Å². The van der Waals surface area contributed by atoms with E-state index in [9.17, 15) is 9.59 Å². The Balaban J connectivity index is 1.95. The lowest BCUT2D eigenvalue weighted by atomic mass is 10.2. The van der Waals surface area contributed by atoms with E-state index in [1.54, 1.807) is 22.1 Å². The second kappa shape index (κ2) is 8.92. The first-order valence-electron chi connectivity index (χ1n) is 7.87. The molecule has 0 saturated heterocycles. The summed E-state index contributed by atoms with van der Waals surface area (Å²) in [5.41, 5.74) is 1.67. The van der Waals surface area contributed by atoms with Gasteiger partial charge in [-0.2, -0.15) is 0 Å². The van der Waals surface area contributed by atoms with E-state index in [1.165, 1.54) is 7.11 Å². The maximum atomic E-state index is 12.0. The summed E-state index contributed by atoms with van der Waals surface area (Å²) in [6.07, 6.45) is 0.235. The average Bonchev–Trinajstić information content (AvgIpc) is 2.91. The maximum Gasteiger partial charge on any atom is 0.307 e. The minimum absolute atomic E-state index is 0.0478. The van der Waals surface area contributed by atoms with Crippen LogP contribution in [-0.4, -0.2) is 24.2 Å². The van der Waals surface area contributed by atoms with E-state index in [4.69, 9.17) is 21.1 Å². The second-order valence-corrected chi connectivity index (χ2v) is 6.59. The van der Waals surface area contributed by atoms with Crippen molar-refractivity contribution >= 4 is 28.8 Å². The number of carbonyl (C=O) groups is 1. The number of nitrogens with zero attached hydrogens (tertiary/aromatic N) is 1. The molecule has 1 N–H and O–H groups in total. The highest BCUT2D eigenvalue weighted by Crippen LogP contribution is 2.36. The molecule has 0 aliphatic heterocycles. The number of methoxy groups -OCH3 is 1. The van der Waals surface area contributed by atoms with Crippen LogP contribution in [0.4, 0.5) is 0 Å². The van der Waals surface area contributed by atoms with Gasteiger partial charge in [0.25, 0.3) is 0 Å². The lowest BCUT2D eigenvalue weighted by Gasteiger charge is -2.13.